The largest absolute Gasteiger partial charge is 0.493 e. The molecule has 4 heterocycles. The number of hydrogen-bond acceptors (Lipinski definition) is 4. The van der Waals surface area contributed by atoms with Gasteiger partial charge in [0.15, 0.2) is 0 Å². The minimum atomic E-state index is -0.124. The van der Waals surface area contributed by atoms with Gasteiger partial charge in [-0.2, -0.15) is 5.10 Å². The lowest BCUT2D eigenvalue weighted by atomic mass is 9.73. The fourth-order valence-electron chi connectivity index (χ4n) is 6.84. The number of amides is 2. The molecule has 7 rings (SSSR count). The van der Waals surface area contributed by atoms with Gasteiger partial charge in [-0.15, -0.1) is 0 Å². The first-order chi connectivity index (χ1) is 17.6. The van der Waals surface area contributed by atoms with Crippen LogP contribution < -0.4 is 4.74 Å². The molecule has 36 heavy (non-hydrogen) atoms. The molecular formula is C29H30N4O3. The van der Waals surface area contributed by atoms with E-state index in [4.69, 9.17) is 4.74 Å². The molecule has 1 saturated heterocycles. The average Bonchev–Trinajstić information content (AvgIpc) is 3.62. The van der Waals surface area contributed by atoms with Crippen LogP contribution in [0.15, 0.2) is 48.7 Å². The van der Waals surface area contributed by atoms with E-state index in [0.717, 1.165) is 66.8 Å². The van der Waals surface area contributed by atoms with E-state index in [-0.39, 0.29) is 23.1 Å². The Morgan fingerprint density at radius 2 is 1.89 bits per heavy atom. The lowest BCUT2D eigenvalue weighted by molar-refractivity contribution is -0.133. The molecule has 184 valence electrons. The number of aromatic nitrogens is 2. The molecule has 1 spiro atoms. The summed E-state index contributed by atoms with van der Waals surface area (Å²) in [7, 11) is 0. The number of carbonyl (C=O) groups is 2. The monoisotopic (exact) mass is 482 g/mol. The van der Waals surface area contributed by atoms with Gasteiger partial charge in [-0.1, -0.05) is 24.3 Å². The number of fused-ring (bicyclic) bond motifs is 4. The number of hydrogen-bond donors (Lipinski definition) is 1. The molecule has 0 bridgehead atoms. The van der Waals surface area contributed by atoms with Gasteiger partial charge >= 0.3 is 0 Å². The summed E-state index contributed by atoms with van der Waals surface area (Å²) in [6.45, 7) is 3.41. The van der Waals surface area contributed by atoms with E-state index in [0.29, 0.717) is 26.2 Å². The zero-order valence-corrected chi connectivity index (χ0v) is 20.3. The predicted octanol–water partition coefficient (Wildman–Crippen LogP) is 3.94. The minimum absolute atomic E-state index is 0.0486. The number of aryl methyl sites for hydroxylation is 1. The van der Waals surface area contributed by atoms with Gasteiger partial charge < -0.3 is 14.5 Å². The molecule has 1 aliphatic carbocycles. The Hall–Kier alpha value is -3.61. The fourth-order valence-corrected chi connectivity index (χ4v) is 6.84. The number of carbonyl (C=O) groups excluding carboxylic acids is 2. The summed E-state index contributed by atoms with van der Waals surface area (Å²) in [6.07, 6.45) is 6.38. The van der Waals surface area contributed by atoms with E-state index >= 15 is 0 Å². The van der Waals surface area contributed by atoms with Gasteiger partial charge in [0.05, 0.1) is 31.0 Å². The number of nitrogens with zero attached hydrogens (tertiary/aromatic N) is 3. The van der Waals surface area contributed by atoms with Crippen LogP contribution in [0.25, 0.3) is 0 Å². The van der Waals surface area contributed by atoms with Gasteiger partial charge in [0.2, 0.25) is 5.91 Å². The number of likely N-dealkylation sites (tertiary alicyclic amines) is 1. The second-order valence-corrected chi connectivity index (χ2v) is 10.8. The Balaban J connectivity index is 1.09. The second-order valence-electron chi connectivity index (χ2n) is 10.8. The number of rotatable bonds is 2. The summed E-state index contributed by atoms with van der Waals surface area (Å²) >= 11 is 0. The SMILES string of the molecule is O=C(c1ccc2c(c1)CCCO2)N1CCC2(CC1)CC(C(=O)N1Cc3cn[nH]c3C1)c1ccccc12. The molecule has 4 aliphatic rings. The van der Waals surface area contributed by atoms with E-state index in [1.54, 1.807) is 0 Å². The lowest BCUT2D eigenvalue weighted by Crippen LogP contribution is -2.44. The highest BCUT2D eigenvalue weighted by Gasteiger charge is 2.49. The molecular weight excluding hydrogens is 452 g/mol. The van der Waals surface area contributed by atoms with Crippen LogP contribution in [0.5, 0.6) is 5.75 Å². The summed E-state index contributed by atoms with van der Waals surface area (Å²) in [4.78, 5) is 31.0. The van der Waals surface area contributed by atoms with Gasteiger partial charge in [-0.3, -0.25) is 14.7 Å². The maximum atomic E-state index is 13.7. The molecule has 2 amide bonds. The van der Waals surface area contributed by atoms with Gasteiger partial charge in [0.1, 0.15) is 5.75 Å². The average molecular weight is 483 g/mol. The molecule has 1 aromatic heterocycles. The van der Waals surface area contributed by atoms with Gasteiger partial charge in [-0.05, 0) is 67.0 Å². The van der Waals surface area contributed by atoms with Crippen LogP contribution in [-0.2, 0) is 29.7 Å². The van der Waals surface area contributed by atoms with Crippen molar-refractivity contribution in [2.75, 3.05) is 19.7 Å². The Morgan fingerprint density at radius 1 is 1.03 bits per heavy atom. The minimum Gasteiger partial charge on any atom is -0.493 e. The highest BCUT2D eigenvalue weighted by Crippen LogP contribution is 2.52. The standard InChI is InChI=1S/C29H30N4O3/c34-27(20-7-8-26-19(14-20)4-3-13-36-26)32-11-9-29(10-12-32)15-23(22-5-1-2-6-24(22)29)28(35)33-17-21-16-30-31-25(21)18-33/h1-2,5-8,14,16,23H,3-4,9-13,15,17-18H2,(H,30,31). The fraction of sp³-hybridized carbons (Fsp3) is 0.414. The van der Waals surface area contributed by atoms with Crippen LogP contribution in [-0.4, -0.2) is 51.5 Å². The van der Waals surface area contributed by atoms with Crippen LogP contribution >= 0.6 is 0 Å². The Morgan fingerprint density at radius 3 is 2.75 bits per heavy atom. The van der Waals surface area contributed by atoms with Crippen molar-refractivity contribution in [2.45, 2.75) is 56.5 Å². The normalized spacial score (nSPS) is 21.6. The Labute approximate surface area is 210 Å². The quantitative estimate of drug-likeness (QED) is 0.600. The van der Waals surface area contributed by atoms with Crippen LogP contribution in [0.1, 0.15) is 69.9 Å². The lowest BCUT2D eigenvalue weighted by Gasteiger charge is -2.40. The molecule has 3 aliphatic heterocycles. The molecule has 1 fully saturated rings. The van der Waals surface area contributed by atoms with Crippen molar-refractivity contribution >= 4 is 11.8 Å². The van der Waals surface area contributed by atoms with Crippen molar-refractivity contribution in [2.24, 2.45) is 0 Å². The number of aromatic amines is 1. The number of H-pyrrole nitrogens is 1. The van der Waals surface area contributed by atoms with Crippen LogP contribution in [0.4, 0.5) is 0 Å². The summed E-state index contributed by atoms with van der Waals surface area (Å²) in [5.74, 6) is 1.10. The Kier molecular flexibility index (Phi) is 4.94. The molecule has 2 aromatic carbocycles. The summed E-state index contributed by atoms with van der Waals surface area (Å²) in [5.41, 5.74) is 6.48. The molecule has 7 nitrogen and oxygen atoms in total. The van der Waals surface area contributed by atoms with Crippen LogP contribution in [0.3, 0.4) is 0 Å². The number of ether oxygens (including phenoxy) is 1. The van der Waals surface area contributed by atoms with Crippen LogP contribution in [0.2, 0.25) is 0 Å². The molecule has 0 saturated carbocycles. The third-order valence-electron chi connectivity index (χ3n) is 8.79. The molecule has 3 aromatic rings. The Bertz CT molecular complexity index is 1330. The van der Waals surface area contributed by atoms with Crippen molar-refractivity contribution in [3.63, 3.8) is 0 Å². The molecule has 0 radical (unpaired) electrons. The van der Waals surface area contributed by atoms with Gasteiger partial charge in [0.25, 0.3) is 5.91 Å². The number of nitrogens with one attached hydrogen (secondary N) is 1. The van der Waals surface area contributed by atoms with Crippen molar-refractivity contribution in [3.8, 4) is 5.75 Å². The maximum Gasteiger partial charge on any atom is 0.253 e. The third kappa shape index (κ3) is 3.36. The summed E-state index contributed by atoms with van der Waals surface area (Å²) < 4.78 is 5.72. The first-order valence-corrected chi connectivity index (χ1v) is 13.1. The highest BCUT2D eigenvalue weighted by molar-refractivity contribution is 5.95. The molecule has 1 unspecified atom stereocenters. The first kappa shape index (κ1) is 21.7. The van der Waals surface area contributed by atoms with Gasteiger partial charge in [-0.25, -0.2) is 0 Å². The highest BCUT2D eigenvalue weighted by atomic mass is 16.5. The predicted molar refractivity (Wildman–Crippen MR) is 134 cm³/mol. The topological polar surface area (TPSA) is 78.5 Å². The second kappa shape index (κ2) is 8.22. The van der Waals surface area contributed by atoms with Crippen LogP contribution in [0, 0.1) is 0 Å². The van der Waals surface area contributed by atoms with Crippen molar-refractivity contribution in [3.05, 3.63) is 82.2 Å². The number of benzene rings is 2. The smallest absolute Gasteiger partial charge is 0.253 e. The van der Waals surface area contributed by atoms with E-state index < -0.39 is 0 Å². The zero-order chi connectivity index (χ0) is 24.3. The zero-order valence-electron chi connectivity index (χ0n) is 20.3. The molecule has 1 atom stereocenters. The first-order valence-electron chi connectivity index (χ1n) is 13.1. The maximum absolute atomic E-state index is 13.7. The summed E-state index contributed by atoms with van der Waals surface area (Å²) in [5, 5.41) is 7.13. The summed E-state index contributed by atoms with van der Waals surface area (Å²) in [6, 6.07) is 14.3. The molecule has 1 N–H and O–H groups in total. The van der Waals surface area contributed by atoms with Crippen molar-refractivity contribution in [1.82, 2.24) is 20.0 Å². The van der Waals surface area contributed by atoms with E-state index in [9.17, 15) is 9.59 Å². The van der Waals surface area contributed by atoms with E-state index in [2.05, 4.69) is 28.4 Å². The molecule has 7 heteroatoms. The van der Waals surface area contributed by atoms with Crippen molar-refractivity contribution < 1.29 is 14.3 Å². The van der Waals surface area contributed by atoms with E-state index in [1.165, 1.54) is 11.1 Å². The third-order valence-corrected chi connectivity index (χ3v) is 8.79. The van der Waals surface area contributed by atoms with E-state index in [1.807, 2.05) is 40.3 Å². The van der Waals surface area contributed by atoms with Crippen molar-refractivity contribution in [1.29, 1.82) is 0 Å². The van der Waals surface area contributed by atoms with Gasteiger partial charge in [0, 0.05) is 36.2 Å². The number of piperidine rings is 1.